The number of hydrogen-bond acceptors (Lipinski definition) is 2. The molecule has 1 aliphatic rings. The van der Waals surface area contributed by atoms with E-state index in [0.29, 0.717) is 12.6 Å². The predicted octanol–water partition coefficient (Wildman–Crippen LogP) is 2.02. The van der Waals surface area contributed by atoms with E-state index < -0.39 is 0 Å². The average molecular weight is 244 g/mol. The molecule has 1 saturated carbocycles. The van der Waals surface area contributed by atoms with Gasteiger partial charge in [-0.1, -0.05) is 19.8 Å². The summed E-state index contributed by atoms with van der Waals surface area (Å²) in [4.78, 5) is 2.22. The van der Waals surface area contributed by atoms with Gasteiger partial charge in [0.1, 0.15) is 0 Å². The maximum Gasteiger partial charge on any atom is 0.169 e. The molecule has 0 aromatic heterocycles. The Morgan fingerprint density at radius 3 is 2.88 bits per heavy atom. The first-order valence-electron chi connectivity index (χ1n) is 6.14. The number of nitrogens with one attached hydrogen (secondary N) is 1. The molecule has 16 heavy (non-hydrogen) atoms. The van der Waals surface area contributed by atoms with Gasteiger partial charge in [0.2, 0.25) is 0 Å². The van der Waals surface area contributed by atoms with Crippen LogP contribution in [0.5, 0.6) is 0 Å². The van der Waals surface area contributed by atoms with Crippen molar-refractivity contribution in [1.29, 1.82) is 0 Å². The molecule has 1 fully saturated rings. The van der Waals surface area contributed by atoms with Crippen molar-refractivity contribution in [2.45, 2.75) is 38.6 Å². The summed E-state index contributed by atoms with van der Waals surface area (Å²) in [5.41, 5.74) is 0. The molecule has 1 rings (SSSR count). The van der Waals surface area contributed by atoms with Gasteiger partial charge in [-0.15, -0.1) is 0 Å². The van der Waals surface area contributed by atoms with Gasteiger partial charge >= 0.3 is 0 Å². The Balaban J connectivity index is 2.31. The molecular weight excluding hydrogens is 220 g/mol. The monoisotopic (exact) mass is 244 g/mol. The number of nitrogens with zero attached hydrogens (tertiary/aromatic N) is 1. The van der Waals surface area contributed by atoms with E-state index in [0.717, 1.165) is 17.6 Å². The van der Waals surface area contributed by atoms with E-state index >= 15 is 0 Å². The largest absolute Gasteiger partial charge is 0.383 e. The van der Waals surface area contributed by atoms with Gasteiger partial charge in [-0.25, -0.2) is 0 Å². The van der Waals surface area contributed by atoms with E-state index in [-0.39, 0.29) is 0 Å². The highest BCUT2D eigenvalue weighted by Gasteiger charge is 2.23. The number of methoxy groups -OCH3 is 1. The molecule has 0 aromatic rings. The minimum atomic E-state index is 0.617. The zero-order chi connectivity index (χ0) is 12.0. The Morgan fingerprint density at radius 1 is 1.50 bits per heavy atom. The number of hydrogen-bond donors (Lipinski definition) is 1. The van der Waals surface area contributed by atoms with E-state index in [1.54, 1.807) is 7.11 Å². The van der Waals surface area contributed by atoms with Crippen LogP contribution in [0.2, 0.25) is 0 Å². The van der Waals surface area contributed by atoms with Crippen molar-refractivity contribution < 1.29 is 4.74 Å². The van der Waals surface area contributed by atoms with Crippen LogP contribution in [0.3, 0.4) is 0 Å². The Hall–Kier alpha value is -0.350. The SMILES string of the molecule is COCCNC(=S)N(C)C1CCCC(C)C1. The Bertz CT molecular complexity index is 223. The van der Waals surface area contributed by atoms with Crippen molar-refractivity contribution >= 4 is 17.3 Å². The molecule has 2 unspecified atom stereocenters. The van der Waals surface area contributed by atoms with E-state index in [4.69, 9.17) is 17.0 Å². The third kappa shape index (κ3) is 4.26. The van der Waals surface area contributed by atoms with Gasteiger partial charge in [0.25, 0.3) is 0 Å². The molecule has 0 amide bonds. The van der Waals surface area contributed by atoms with Crippen LogP contribution in [0.4, 0.5) is 0 Å². The molecule has 1 aliphatic carbocycles. The quantitative estimate of drug-likeness (QED) is 0.604. The van der Waals surface area contributed by atoms with Crippen LogP contribution >= 0.6 is 12.2 Å². The molecule has 0 radical (unpaired) electrons. The fourth-order valence-electron chi connectivity index (χ4n) is 2.30. The molecule has 0 aliphatic heterocycles. The molecule has 0 bridgehead atoms. The van der Waals surface area contributed by atoms with E-state index in [1.165, 1.54) is 25.7 Å². The Kier molecular flexibility index (Phi) is 6.06. The van der Waals surface area contributed by atoms with Crippen molar-refractivity contribution in [1.82, 2.24) is 10.2 Å². The average Bonchev–Trinajstić information content (AvgIpc) is 2.28. The molecule has 94 valence electrons. The lowest BCUT2D eigenvalue weighted by atomic mass is 9.86. The topological polar surface area (TPSA) is 24.5 Å². The molecule has 0 spiro atoms. The van der Waals surface area contributed by atoms with Gasteiger partial charge < -0.3 is 15.0 Å². The highest BCUT2D eigenvalue weighted by molar-refractivity contribution is 7.80. The maximum atomic E-state index is 5.37. The van der Waals surface area contributed by atoms with Gasteiger partial charge in [0, 0.05) is 26.7 Å². The molecule has 3 nitrogen and oxygen atoms in total. The first kappa shape index (κ1) is 13.7. The van der Waals surface area contributed by atoms with Crippen molar-refractivity contribution in [2.75, 3.05) is 27.3 Å². The van der Waals surface area contributed by atoms with Gasteiger partial charge in [-0.2, -0.15) is 0 Å². The summed E-state index contributed by atoms with van der Waals surface area (Å²) in [6, 6.07) is 0.617. The van der Waals surface area contributed by atoms with E-state index in [2.05, 4.69) is 24.2 Å². The third-order valence-corrected chi connectivity index (χ3v) is 3.79. The fourth-order valence-corrected chi connectivity index (χ4v) is 2.56. The number of rotatable bonds is 4. The summed E-state index contributed by atoms with van der Waals surface area (Å²) in [6.07, 6.45) is 5.24. The predicted molar refractivity (Wildman–Crippen MR) is 71.7 cm³/mol. The number of ether oxygens (including phenoxy) is 1. The second kappa shape index (κ2) is 7.07. The van der Waals surface area contributed by atoms with Crippen LogP contribution in [0.1, 0.15) is 32.6 Å². The summed E-state index contributed by atoms with van der Waals surface area (Å²) in [5.74, 6) is 0.836. The molecule has 4 heteroatoms. The van der Waals surface area contributed by atoms with Crippen LogP contribution in [0.15, 0.2) is 0 Å². The summed E-state index contributed by atoms with van der Waals surface area (Å²) >= 11 is 5.37. The van der Waals surface area contributed by atoms with Crippen LogP contribution in [-0.2, 0) is 4.74 Å². The molecule has 0 heterocycles. The number of thiocarbonyl (C=S) groups is 1. The lowest BCUT2D eigenvalue weighted by Gasteiger charge is -2.35. The highest BCUT2D eigenvalue weighted by Crippen LogP contribution is 2.26. The maximum absolute atomic E-state index is 5.37. The van der Waals surface area contributed by atoms with Gasteiger partial charge in [-0.3, -0.25) is 0 Å². The van der Waals surface area contributed by atoms with Crippen molar-refractivity contribution in [2.24, 2.45) is 5.92 Å². The second-order valence-corrected chi connectivity index (χ2v) is 5.15. The fraction of sp³-hybridized carbons (Fsp3) is 0.917. The van der Waals surface area contributed by atoms with Crippen LogP contribution < -0.4 is 5.32 Å². The van der Waals surface area contributed by atoms with Crippen molar-refractivity contribution in [3.63, 3.8) is 0 Å². The van der Waals surface area contributed by atoms with Crippen molar-refractivity contribution in [3.8, 4) is 0 Å². The van der Waals surface area contributed by atoms with Crippen LogP contribution in [0.25, 0.3) is 0 Å². The summed E-state index contributed by atoms with van der Waals surface area (Å²) in [7, 11) is 3.81. The van der Waals surface area contributed by atoms with Gasteiger partial charge in [0.05, 0.1) is 6.61 Å². The van der Waals surface area contributed by atoms with Crippen LogP contribution in [-0.4, -0.2) is 43.4 Å². The van der Waals surface area contributed by atoms with Gasteiger partial charge in [-0.05, 0) is 31.0 Å². The Morgan fingerprint density at radius 2 is 2.25 bits per heavy atom. The third-order valence-electron chi connectivity index (χ3n) is 3.36. The zero-order valence-electron chi connectivity index (χ0n) is 10.7. The van der Waals surface area contributed by atoms with Gasteiger partial charge in [0.15, 0.2) is 5.11 Å². The summed E-state index contributed by atoms with van der Waals surface area (Å²) < 4.78 is 4.99. The lowest BCUT2D eigenvalue weighted by molar-refractivity contribution is 0.199. The van der Waals surface area contributed by atoms with Crippen LogP contribution in [0, 0.1) is 5.92 Å². The smallest absolute Gasteiger partial charge is 0.169 e. The minimum Gasteiger partial charge on any atom is -0.383 e. The Labute approximate surface area is 105 Å². The first-order valence-corrected chi connectivity index (χ1v) is 6.55. The summed E-state index contributed by atoms with van der Waals surface area (Å²) in [6.45, 7) is 3.83. The summed E-state index contributed by atoms with van der Waals surface area (Å²) in [5, 5.41) is 4.09. The minimum absolute atomic E-state index is 0.617. The second-order valence-electron chi connectivity index (χ2n) is 4.76. The standard InChI is InChI=1S/C12H24N2OS/c1-10-5-4-6-11(9-10)14(2)12(16)13-7-8-15-3/h10-11H,4-9H2,1-3H3,(H,13,16). The lowest BCUT2D eigenvalue weighted by Crippen LogP contribution is -2.45. The molecule has 2 atom stereocenters. The molecule has 0 saturated heterocycles. The van der Waals surface area contributed by atoms with E-state index in [1.807, 2.05) is 0 Å². The molecule has 1 N–H and O–H groups in total. The molecular formula is C12H24N2OS. The first-order chi connectivity index (χ1) is 7.65. The van der Waals surface area contributed by atoms with E-state index in [9.17, 15) is 0 Å². The normalized spacial score (nSPS) is 25.2. The van der Waals surface area contributed by atoms with Crippen molar-refractivity contribution in [3.05, 3.63) is 0 Å². The zero-order valence-corrected chi connectivity index (χ0v) is 11.5. The highest BCUT2D eigenvalue weighted by atomic mass is 32.1. The molecule has 0 aromatic carbocycles.